The second-order valence-corrected chi connectivity index (χ2v) is 6.63. The summed E-state index contributed by atoms with van der Waals surface area (Å²) in [6, 6.07) is 10.9. The van der Waals surface area contributed by atoms with Crippen LogP contribution in [0.1, 0.15) is 45.6 Å². The summed E-state index contributed by atoms with van der Waals surface area (Å²) in [7, 11) is 0. The van der Waals surface area contributed by atoms with Gasteiger partial charge in [0.25, 0.3) is 0 Å². The summed E-state index contributed by atoms with van der Waals surface area (Å²) < 4.78 is 0. The van der Waals surface area contributed by atoms with Crippen molar-refractivity contribution >= 4 is 0 Å². The molecule has 0 amide bonds. The lowest BCUT2D eigenvalue weighted by Crippen LogP contribution is -2.46. The molecule has 1 fully saturated rings. The van der Waals surface area contributed by atoms with Gasteiger partial charge >= 0.3 is 0 Å². The van der Waals surface area contributed by atoms with E-state index in [1.165, 1.54) is 44.3 Å². The highest BCUT2D eigenvalue weighted by molar-refractivity contribution is 5.14. The van der Waals surface area contributed by atoms with Crippen LogP contribution in [0.15, 0.2) is 30.3 Å². The number of nitrogens with zero attached hydrogens (tertiary/aromatic N) is 1. The average Bonchev–Trinajstić information content (AvgIpc) is 2.37. The zero-order valence-corrected chi connectivity index (χ0v) is 12.2. The highest BCUT2D eigenvalue weighted by Gasteiger charge is 2.26. The summed E-state index contributed by atoms with van der Waals surface area (Å²) >= 11 is 0. The maximum atomic E-state index is 2.63. The third-order valence-electron chi connectivity index (χ3n) is 4.25. The van der Waals surface area contributed by atoms with Crippen molar-refractivity contribution in [1.29, 1.82) is 0 Å². The van der Waals surface area contributed by atoms with E-state index in [4.69, 9.17) is 0 Å². The number of aryl methyl sites for hydroxylation is 1. The normalized spacial score (nSPS) is 19.1. The van der Waals surface area contributed by atoms with Gasteiger partial charge in [0.2, 0.25) is 0 Å². The topological polar surface area (TPSA) is 3.24 Å². The predicted octanol–water partition coefficient (Wildman–Crippen LogP) is 4.13. The van der Waals surface area contributed by atoms with Gasteiger partial charge in [-0.3, -0.25) is 4.90 Å². The van der Waals surface area contributed by atoms with Crippen LogP contribution in [0.25, 0.3) is 0 Å². The van der Waals surface area contributed by atoms with E-state index >= 15 is 0 Å². The molecule has 0 N–H and O–H groups in total. The molecule has 0 spiro atoms. The number of hydrogen-bond donors (Lipinski definition) is 0. The molecule has 1 aromatic carbocycles. The van der Waals surface area contributed by atoms with E-state index in [2.05, 4.69) is 56.0 Å². The quantitative estimate of drug-likeness (QED) is 0.774. The lowest BCUT2D eigenvalue weighted by atomic mass is 9.88. The Hall–Kier alpha value is -0.820. The van der Waals surface area contributed by atoms with E-state index in [1.807, 2.05) is 0 Å². The van der Waals surface area contributed by atoms with Crippen LogP contribution in [0, 0.1) is 5.92 Å². The van der Waals surface area contributed by atoms with Gasteiger partial charge in [-0.1, -0.05) is 30.3 Å². The van der Waals surface area contributed by atoms with Crippen molar-refractivity contribution in [2.45, 2.75) is 52.0 Å². The summed E-state index contributed by atoms with van der Waals surface area (Å²) in [5.74, 6) is 0.934. The molecule has 1 saturated heterocycles. The van der Waals surface area contributed by atoms with Crippen LogP contribution < -0.4 is 0 Å². The van der Waals surface area contributed by atoms with Gasteiger partial charge in [-0.05, 0) is 71.0 Å². The monoisotopic (exact) mass is 245 g/mol. The van der Waals surface area contributed by atoms with Gasteiger partial charge in [0.1, 0.15) is 0 Å². The zero-order valence-electron chi connectivity index (χ0n) is 12.2. The first-order valence-corrected chi connectivity index (χ1v) is 7.35. The van der Waals surface area contributed by atoms with E-state index in [9.17, 15) is 0 Å². The van der Waals surface area contributed by atoms with Gasteiger partial charge in [-0.25, -0.2) is 0 Å². The van der Waals surface area contributed by atoms with Crippen molar-refractivity contribution in [3.05, 3.63) is 35.9 Å². The SMILES string of the molecule is CC(C)(C)N1CCC(CCc2ccccc2)CC1. The van der Waals surface area contributed by atoms with Crippen molar-refractivity contribution in [1.82, 2.24) is 4.90 Å². The van der Waals surface area contributed by atoms with E-state index in [0.29, 0.717) is 5.54 Å². The second kappa shape index (κ2) is 5.88. The van der Waals surface area contributed by atoms with Crippen molar-refractivity contribution < 1.29 is 0 Å². The Bertz CT molecular complexity index is 342. The minimum Gasteiger partial charge on any atom is -0.298 e. The van der Waals surface area contributed by atoms with Crippen LogP contribution in [0.4, 0.5) is 0 Å². The van der Waals surface area contributed by atoms with Crippen molar-refractivity contribution in [2.24, 2.45) is 5.92 Å². The number of likely N-dealkylation sites (tertiary alicyclic amines) is 1. The van der Waals surface area contributed by atoms with Crippen molar-refractivity contribution in [2.75, 3.05) is 13.1 Å². The van der Waals surface area contributed by atoms with E-state index in [1.54, 1.807) is 0 Å². The molecule has 1 aliphatic rings. The molecule has 100 valence electrons. The second-order valence-electron chi connectivity index (χ2n) is 6.63. The molecule has 0 aliphatic carbocycles. The Kier molecular flexibility index (Phi) is 4.45. The molecule has 0 aromatic heterocycles. The van der Waals surface area contributed by atoms with Gasteiger partial charge in [0.05, 0.1) is 0 Å². The molecule has 1 nitrogen and oxygen atoms in total. The van der Waals surface area contributed by atoms with Crippen molar-refractivity contribution in [3.8, 4) is 0 Å². The van der Waals surface area contributed by atoms with Crippen LogP contribution in [0.3, 0.4) is 0 Å². The largest absolute Gasteiger partial charge is 0.298 e. The fraction of sp³-hybridized carbons (Fsp3) is 0.647. The Morgan fingerprint density at radius 1 is 1.06 bits per heavy atom. The molecule has 1 aliphatic heterocycles. The van der Waals surface area contributed by atoms with Crippen LogP contribution in [-0.4, -0.2) is 23.5 Å². The van der Waals surface area contributed by atoms with Gasteiger partial charge in [0.15, 0.2) is 0 Å². The molecule has 0 atom stereocenters. The Labute approximate surface area is 112 Å². The molecule has 1 heterocycles. The Morgan fingerprint density at radius 2 is 1.67 bits per heavy atom. The minimum atomic E-state index is 0.352. The first-order chi connectivity index (χ1) is 8.55. The standard InChI is InChI=1S/C17H27N/c1-17(2,3)18-13-11-16(12-14-18)10-9-15-7-5-4-6-8-15/h4-8,16H,9-14H2,1-3H3. The minimum absolute atomic E-state index is 0.352. The Balaban J connectivity index is 1.74. The van der Waals surface area contributed by atoms with Crippen LogP contribution >= 0.6 is 0 Å². The van der Waals surface area contributed by atoms with Crippen LogP contribution in [0.2, 0.25) is 0 Å². The molecule has 0 unspecified atom stereocenters. The maximum Gasteiger partial charge on any atom is 0.0125 e. The highest BCUT2D eigenvalue weighted by Crippen LogP contribution is 2.26. The number of piperidine rings is 1. The average molecular weight is 245 g/mol. The number of rotatable bonds is 3. The zero-order chi connectivity index (χ0) is 13.0. The molecular weight excluding hydrogens is 218 g/mol. The fourth-order valence-electron chi connectivity index (χ4n) is 2.91. The molecular formula is C17H27N. The molecule has 0 radical (unpaired) electrons. The molecule has 2 rings (SSSR count). The molecule has 18 heavy (non-hydrogen) atoms. The third-order valence-corrected chi connectivity index (χ3v) is 4.25. The summed E-state index contributed by atoms with van der Waals surface area (Å²) in [4.78, 5) is 2.63. The molecule has 0 bridgehead atoms. The van der Waals surface area contributed by atoms with E-state index in [0.717, 1.165) is 5.92 Å². The first-order valence-electron chi connectivity index (χ1n) is 7.35. The van der Waals surface area contributed by atoms with Crippen molar-refractivity contribution in [3.63, 3.8) is 0 Å². The van der Waals surface area contributed by atoms with Gasteiger partial charge in [-0.2, -0.15) is 0 Å². The molecule has 1 aromatic rings. The van der Waals surface area contributed by atoms with Gasteiger partial charge in [0, 0.05) is 5.54 Å². The molecule has 0 saturated carbocycles. The van der Waals surface area contributed by atoms with Crippen LogP contribution in [-0.2, 0) is 6.42 Å². The summed E-state index contributed by atoms with van der Waals surface area (Å²) in [6.45, 7) is 9.55. The maximum absolute atomic E-state index is 2.63. The summed E-state index contributed by atoms with van der Waals surface area (Å²) in [6.07, 6.45) is 5.37. The van der Waals surface area contributed by atoms with Crippen LogP contribution in [0.5, 0.6) is 0 Å². The smallest absolute Gasteiger partial charge is 0.0125 e. The van der Waals surface area contributed by atoms with E-state index < -0.39 is 0 Å². The first kappa shape index (κ1) is 13.6. The number of hydrogen-bond acceptors (Lipinski definition) is 1. The lowest BCUT2D eigenvalue weighted by molar-refractivity contribution is 0.0855. The van der Waals surface area contributed by atoms with E-state index in [-0.39, 0.29) is 0 Å². The van der Waals surface area contributed by atoms with Gasteiger partial charge < -0.3 is 0 Å². The number of benzene rings is 1. The lowest BCUT2D eigenvalue weighted by Gasteiger charge is -2.41. The summed E-state index contributed by atoms with van der Waals surface area (Å²) in [5, 5.41) is 0. The fourth-order valence-corrected chi connectivity index (χ4v) is 2.91. The Morgan fingerprint density at radius 3 is 2.22 bits per heavy atom. The summed E-state index contributed by atoms with van der Waals surface area (Å²) in [5.41, 5.74) is 1.85. The highest BCUT2D eigenvalue weighted by atomic mass is 15.2. The van der Waals surface area contributed by atoms with Gasteiger partial charge in [-0.15, -0.1) is 0 Å². The third kappa shape index (κ3) is 3.84. The molecule has 1 heteroatoms. The predicted molar refractivity (Wildman–Crippen MR) is 78.8 cm³/mol.